The van der Waals surface area contributed by atoms with Crippen LogP contribution in [0, 0.1) is 16.7 Å². The van der Waals surface area contributed by atoms with Gasteiger partial charge in [0.25, 0.3) is 5.91 Å². The maximum absolute atomic E-state index is 15.5. The van der Waals surface area contributed by atoms with E-state index in [4.69, 9.17) is 23.7 Å². The second-order valence-electron chi connectivity index (χ2n) is 17.4. The van der Waals surface area contributed by atoms with Crippen molar-refractivity contribution < 1.29 is 67.8 Å². The summed E-state index contributed by atoms with van der Waals surface area (Å²) in [6, 6.07) is 22.9. The first-order valence-corrected chi connectivity index (χ1v) is 20.5. The van der Waals surface area contributed by atoms with Crippen LogP contribution < -0.4 is 5.32 Å². The molecule has 7 rings (SSSR count). The molecule has 0 aromatic heterocycles. The fourth-order valence-electron chi connectivity index (χ4n) is 10.2. The minimum Gasteiger partial charge on any atom is -0.456 e. The van der Waals surface area contributed by atoms with E-state index >= 15 is 4.79 Å². The molecule has 3 fully saturated rings. The summed E-state index contributed by atoms with van der Waals surface area (Å²) < 4.78 is 30.3. The fourth-order valence-corrected chi connectivity index (χ4v) is 10.2. The number of fused-ring (bicyclic) bond motifs is 5. The monoisotopic (exact) mass is 855 g/mol. The molecule has 15 nitrogen and oxygen atoms in total. The smallest absolute Gasteiger partial charge is 0.338 e. The number of ether oxygens (including phenoxy) is 5. The molecule has 4 N–H and O–H groups in total. The zero-order valence-electron chi connectivity index (χ0n) is 35.2. The van der Waals surface area contributed by atoms with Crippen LogP contribution >= 0.6 is 0 Å². The molecule has 0 unspecified atom stereocenters. The Balaban J connectivity index is 1.39. The van der Waals surface area contributed by atoms with Crippen LogP contribution in [0.15, 0.2) is 102 Å². The largest absolute Gasteiger partial charge is 0.456 e. The third-order valence-corrected chi connectivity index (χ3v) is 13.5. The van der Waals surface area contributed by atoms with Crippen LogP contribution in [0.2, 0.25) is 0 Å². The van der Waals surface area contributed by atoms with Gasteiger partial charge in [0.15, 0.2) is 23.6 Å². The molecule has 15 heteroatoms. The summed E-state index contributed by atoms with van der Waals surface area (Å²) in [7, 11) is 0. The molecule has 1 saturated heterocycles. The highest BCUT2D eigenvalue weighted by Crippen LogP contribution is 2.64. The van der Waals surface area contributed by atoms with Crippen molar-refractivity contribution in [2.24, 2.45) is 16.7 Å². The molecule has 3 aromatic carbocycles. The molecule has 0 spiro atoms. The Morgan fingerprint density at radius 1 is 0.839 bits per heavy atom. The van der Waals surface area contributed by atoms with Crippen LogP contribution in [0.1, 0.15) is 86.7 Å². The van der Waals surface area contributed by atoms with E-state index in [1.54, 1.807) is 92.7 Å². The van der Waals surface area contributed by atoms with E-state index < -0.39 is 113 Å². The van der Waals surface area contributed by atoms with Gasteiger partial charge in [-0.3, -0.25) is 19.2 Å². The number of amides is 1. The average Bonchev–Trinajstić information content (AvgIpc) is 3.24. The number of benzene rings is 3. The standard InChI is InChI=1S/C47H51NO14/c1-25-31(60-43(56)36(52)35(28-16-10-7-11-17-28)48-41(54)29-18-12-8-13-19-29)23-47(57)40(61-42(55)30-20-14-9-15-21-30)38-45(6,32(51)22-33-46(38,24-58-33)62-27(3)50)39(53)37(59-26(2)49)34(25)44(47,4)5/h7-21,31-33,35-38,40,51-52,57H,22-24H2,1-6H3,(H,48,54)/t31-,32-,33+,35-,36-,37+,38-,40-,45+,46-,47+/m0/s1/i35+2. The number of aliphatic hydroxyl groups is 3. The molecule has 3 aromatic rings. The minimum absolute atomic E-state index is 0.00289. The number of esters is 4. The first-order valence-electron chi connectivity index (χ1n) is 20.5. The molecule has 11 atom stereocenters. The average molecular weight is 856 g/mol. The number of carbonyl (C=O) groups is 6. The number of ketones is 1. The summed E-state index contributed by atoms with van der Waals surface area (Å²) >= 11 is 0. The van der Waals surface area contributed by atoms with E-state index in [1.807, 2.05) is 0 Å². The highest BCUT2D eigenvalue weighted by atomic mass is 16.6. The topological polar surface area (TPSA) is 221 Å². The van der Waals surface area contributed by atoms with Crippen molar-refractivity contribution in [1.29, 1.82) is 0 Å². The lowest BCUT2D eigenvalue weighted by Crippen LogP contribution is -2.82. The quantitative estimate of drug-likeness (QED) is 0.130. The summed E-state index contributed by atoms with van der Waals surface area (Å²) in [6.07, 6.45) is -10.5. The van der Waals surface area contributed by atoms with Gasteiger partial charge in [0.1, 0.15) is 23.9 Å². The van der Waals surface area contributed by atoms with Crippen molar-refractivity contribution in [2.45, 2.75) is 108 Å². The predicted molar refractivity (Wildman–Crippen MR) is 218 cm³/mol. The number of hydrogen-bond donors (Lipinski definition) is 4. The molecule has 4 aliphatic rings. The number of rotatable bonds is 10. The third kappa shape index (κ3) is 7.29. The second kappa shape index (κ2) is 16.5. The fraction of sp³-hybridized carbons (Fsp3) is 0.447. The van der Waals surface area contributed by atoms with Gasteiger partial charge >= 0.3 is 23.9 Å². The zero-order valence-corrected chi connectivity index (χ0v) is 35.2. The molecule has 2 saturated carbocycles. The Labute approximate surface area is 358 Å². The van der Waals surface area contributed by atoms with Crippen molar-refractivity contribution >= 4 is 35.6 Å². The summed E-state index contributed by atoms with van der Waals surface area (Å²) in [5.41, 5.74) is -7.02. The van der Waals surface area contributed by atoms with Crippen molar-refractivity contribution in [3.05, 3.63) is 119 Å². The van der Waals surface area contributed by atoms with Gasteiger partial charge in [0.2, 0.25) is 0 Å². The number of carbonyl (C=O) groups excluding carboxylic acids is 6. The molecule has 1 amide bonds. The lowest BCUT2D eigenvalue weighted by molar-refractivity contribution is -0.346. The van der Waals surface area contributed by atoms with Crippen molar-refractivity contribution in [2.75, 3.05) is 6.61 Å². The van der Waals surface area contributed by atoms with Gasteiger partial charge in [0, 0.05) is 37.7 Å². The van der Waals surface area contributed by atoms with E-state index in [0.717, 1.165) is 13.8 Å². The minimum atomic E-state index is -2.39. The summed E-state index contributed by atoms with van der Waals surface area (Å²) in [6.45, 7) is 7.97. The van der Waals surface area contributed by atoms with Gasteiger partial charge in [-0.15, -0.1) is 0 Å². The van der Waals surface area contributed by atoms with Crippen LogP contribution in [0.4, 0.5) is 0 Å². The van der Waals surface area contributed by atoms with Gasteiger partial charge in [-0.25, -0.2) is 9.59 Å². The van der Waals surface area contributed by atoms with E-state index in [0.29, 0.717) is 5.56 Å². The van der Waals surface area contributed by atoms with E-state index in [1.165, 1.54) is 26.0 Å². The first kappa shape index (κ1) is 44.3. The van der Waals surface area contributed by atoms with Crippen LogP contribution in [0.5, 0.6) is 0 Å². The van der Waals surface area contributed by atoms with Gasteiger partial charge in [-0.1, -0.05) is 80.6 Å². The third-order valence-electron chi connectivity index (χ3n) is 13.5. The van der Waals surface area contributed by atoms with E-state index in [-0.39, 0.29) is 35.3 Å². The lowest BCUT2D eigenvalue weighted by Gasteiger charge is -2.67. The Morgan fingerprint density at radius 2 is 1.42 bits per heavy atom. The highest BCUT2D eigenvalue weighted by Gasteiger charge is 2.78. The van der Waals surface area contributed by atoms with Crippen LogP contribution in [-0.4, -0.2) is 105 Å². The van der Waals surface area contributed by atoms with Crippen molar-refractivity contribution in [3.8, 4) is 0 Å². The molecule has 3 aliphatic carbocycles. The summed E-state index contributed by atoms with van der Waals surface area (Å²) in [5, 5.41) is 40.2. The van der Waals surface area contributed by atoms with Crippen LogP contribution in [-0.2, 0) is 42.9 Å². The van der Waals surface area contributed by atoms with Crippen molar-refractivity contribution in [1.82, 2.24) is 5.32 Å². The maximum Gasteiger partial charge on any atom is 0.338 e. The Morgan fingerprint density at radius 3 is 1.97 bits per heavy atom. The maximum atomic E-state index is 15.5. The normalized spacial score (nSPS) is 31.9. The molecule has 2 bridgehead atoms. The van der Waals surface area contributed by atoms with Crippen LogP contribution in [0.25, 0.3) is 0 Å². The van der Waals surface area contributed by atoms with Gasteiger partial charge in [-0.05, 0) is 54.8 Å². The van der Waals surface area contributed by atoms with Gasteiger partial charge < -0.3 is 44.3 Å². The number of hydrogen-bond acceptors (Lipinski definition) is 14. The van der Waals surface area contributed by atoms with E-state index in [2.05, 4.69) is 5.32 Å². The molecule has 62 heavy (non-hydrogen) atoms. The number of Topliss-reactive ketones (excluding diaryl/α,β-unsaturated/α-hetero) is 1. The number of nitrogens with one attached hydrogen (secondary N) is 1. The molecule has 0 radical (unpaired) electrons. The zero-order chi connectivity index (χ0) is 44.9. The Hall–Kier alpha value is -5.74. The Bertz CT molecular complexity index is 2280. The van der Waals surface area contributed by atoms with Gasteiger partial charge in [0.05, 0.1) is 35.6 Å². The SMILES string of the molecule is CC(=O)O[C@H]1C(=O)[C@@]2(C)[C@H]([C@H](OC(=O)c3ccccc3)[C@]3(O)C[C@H](OC(=O)[C@@H](O)[14C@@H](NC(=O)c4ccccc4)c4ccccc4)C(C)=C1C3(C)C)[C@]1(OC(C)=O)CO[C@@H]1C[C@@H]2O. The van der Waals surface area contributed by atoms with Crippen molar-refractivity contribution in [3.63, 3.8) is 0 Å². The second-order valence-corrected chi connectivity index (χ2v) is 17.4. The van der Waals surface area contributed by atoms with Gasteiger partial charge in [-0.2, -0.15) is 0 Å². The highest BCUT2D eigenvalue weighted by molar-refractivity contribution is 5.96. The number of aliphatic hydroxyl groups excluding tert-OH is 2. The molecule has 328 valence electrons. The molecule has 1 aliphatic heterocycles. The predicted octanol–water partition coefficient (Wildman–Crippen LogP) is 3.74. The Kier molecular flexibility index (Phi) is 11.8. The summed E-state index contributed by atoms with van der Waals surface area (Å²) in [4.78, 5) is 83.5. The van der Waals surface area contributed by atoms with E-state index in [9.17, 15) is 39.3 Å². The summed E-state index contributed by atoms with van der Waals surface area (Å²) in [5.74, 6) is -6.84. The van der Waals surface area contributed by atoms with Crippen LogP contribution in [0.3, 0.4) is 0 Å². The lowest BCUT2D eigenvalue weighted by atomic mass is 9.44. The first-order chi connectivity index (χ1) is 29.3. The molecule has 1 heterocycles. The molecular weight excluding hydrogens is 805 g/mol. The molecular formula is C47H51NO14.